The molecule has 1 N–H and O–H groups in total. The molecule has 1 heterocycles. The van der Waals surface area contributed by atoms with E-state index in [-0.39, 0.29) is 17.0 Å². The number of carbonyl (C=O) groups is 2. The van der Waals surface area contributed by atoms with E-state index < -0.39 is 28.4 Å². The van der Waals surface area contributed by atoms with Gasteiger partial charge in [0.05, 0.1) is 4.90 Å². The first-order chi connectivity index (χ1) is 12.4. The SMILES string of the molecule is O=C1CN(S(=O)(=O)c2ccc(Cl)cc2)C(=O)/C(=C/c2ccccc2)CN1. The van der Waals surface area contributed by atoms with Crippen LogP contribution in [0, 0.1) is 0 Å². The summed E-state index contributed by atoms with van der Waals surface area (Å²) in [5.41, 5.74) is 0.912. The summed E-state index contributed by atoms with van der Waals surface area (Å²) in [4.78, 5) is 24.7. The average Bonchev–Trinajstić information content (AvgIpc) is 2.77. The third-order valence-electron chi connectivity index (χ3n) is 3.81. The molecular weight excluding hydrogens is 376 g/mol. The molecule has 2 aromatic carbocycles. The van der Waals surface area contributed by atoms with Crippen LogP contribution in [0.4, 0.5) is 0 Å². The van der Waals surface area contributed by atoms with E-state index in [2.05, 4.69) is 5.32 Å². The first-order valence-corrected chi connectivity index (χ1v) is 9.55. The van der Waals surface area contributed by atoms with Crippen LogP contribution in [0.2, 0.25) is 5.02 Å². The summed E-state index contributed by atoms with van der Waals surface area (Å²) in [6, 6.07) is 14.4. The van der Waals surface area contributed by atoms with Crippen LogP contribution in [-0.4, -0.2) is 37.6 Å². The lowest BCUT2D eigenvalue weighted by molar-refractivity contribution is -0.127. The van der Waals surface area contributed by atoms with Crippen LogP contribution in [0.1, 0.15) is 5.56 Å². The lowest BCUT2D eigenvalue weighted by atomic mass is 10.1. The highest BCUT2D eigenvalue weighted by atomic mass is 35.5. The third-order valence-corrected chi connectivity index (χ3v) is 5.80. The van der Waals surface area contributed by atoms with Gasteiger partial charge in [-0.25, -0.2) is 12.7 Å². The van der Waals surface area contributed by atoms with Gasteiger partial charge in [0.2, 0.25) is 5.91 Å². The monoisotopic (exact) mass is 390 g/mol. The Bertz CT molecular complexity index is 970. The molecule has 2 amide bonds. The van der Waals surface area contributed by atoms with Crippen molar-refractivity contribution >= 4 is 39.5 Å². The molecule has 6 nitrogen and oxygen atoms in total. The van der Waals surface area contributed by atoms with E-state index in [4.69, 9.17) is 11.6 Å². The Labute approximate surface area is 156 Å². The largest absolute Gasteiger partial charge is 0.350 e. The highest BCUT2D eigenvalue weighted by Gasteiger charge is 2.35. The Morgan fingerprint density at radius 3 is 2.31 bits per heavy atom. The molecule has 0 bridgehead atoms. The maximum Gasteiger partial charge on any atom is 0.267 e. The minimum absolute atomic E-state index is 0.0425. The first kappa shape index (κ1) is 18.2. The molecule has 0 saturated carbocycles. The smallest absolute Gasteiger partial charge is 0.267 e. The van der Waals surface area contributed by atoms with Gasteiger partial charge < -0.3 is 5.32 Å². The fraction of sp³-hybridized carbons (Fsp3) is 0.111. The van der Waals surface area contributed by atoms with Crippen molar-refractivity contribution in [2.45, 2.75) is 4.90 Å². The second kappa shape index (κ2) is 7.31. The molecule has 3 rings (SSSR count). The molecule has 0 radical (unpaired) electrons. The van der Waals surface area contributed by atoms with Crippen molar-refractivity contribution in [3.8, 4) is 0 Å². The zero-order valence-corrected chi connectivity index (χ0v) is 15.1. The zero-order chi connectivity index (χ0) is 18.7. The van der Waals surface area contributed by atoms with E-state index in [0.29, 0.717) is 9.33 Å². The van der Waals surface area contributed by atoms with Gasteiger partial charge in [0.15, 0.2) is 0 Å². The van der Waals surface area contributed by atoms with Crippen LogP contribution in [0.25, 0.3) is 6.08 Å². The number of halogens is 1. The number of sulfonamides is 1. The summed E-state index contributed by atoms with van der Waals surface area (Å²) in [6.45, 7) is -0.616. The van der Waals surface area contributed by atoms with Gasteiger partial charge in [-0.3, -0.25) is 9.59 Å². The molecular formula is C18H15ClN2O4S. The normalized spacial score (nSPS) is 17.1. The molecule has 0 aliphatic carbocycles. The number of hydrogen-bond donors (Lipinski definition) is 1. The maximum atomic E-state index is 12.9. The summed E-state index contributed by atoms with van der Waals surface area (Å²) in [5, 5.41) is 2.92. The summed E-state index contributed by atoms with van der Waals surface area (Å²) in [6.07, 6.45) is 1.57. The van der Waals surface area contributed by atoms with Crippen molar-refractivity contribution in [2.24, 2.45) is 0 Å². The molecule has 26 heavy (non-hydrogen) atoms. The summed E-state index contributed by atoms with van der Waals surface area (Å²) < 4.78 is 26.3. The Kier molecular flexibility index (Phi) is 5.11. The van der Waals surface area contributed by atoms with E-state index in [1.54, 1.807) is 30.3 Å². The predicted octanol–water partition coefficient (Wildman–Crippen LogP) is 2.07. The van der Waals surface area contributed by atoms with Gasteiger partial charge in [-0.15, -0.1) is 0 Å². The highest BCUT2D eigenvalue weighted by Crippen LogP contribution is 2.22. The Balaban J connectivity index is 2.02. The van der Waals surface area contributed by atoms with Crippen LogP contribution in [0.3, 0.4) is 0 Å². The van der Waals surface area contributed by atoms with Crippen LogP contribution in [0.5, 0.6) is 0 Å². The molecule has 0 aromatic heterocycles. The van der Waals surface area contributed by atoms with Gasteiger partial charge in [-0.2, -0.15) is 0 Å². The van der Waals surface area contributed by atoms with E-state index >= 15 is 0 Å². The third kappa shape index (κ3) is 3.79. The second-order valence-corrected chi connectivity index (χ2v) is 7.93. The summed E-state index contributed by atoms with van der Waals surface area (Å²) in [5.74, 6) is -1.28. The van der Waals surface area contributed by atoms with Crippen molar-refractivity contribution in [3.63, 3.8) is 0 Å². The standard InChI is InChI=1S/C18H15ClN2O4S/c19-15-6-8-16(9-7-15)26(24,25)21-12-17(22)20-11-14(18(21)23)10-13-4-2-1-3-5-13/h1-10H,11-12H2,(H,20,22)/b14-10+. The number of nitrogens with one attached hydrogen (secondary N) is 1. The number of hydrogen-bond acceptors (Lipinski definition) is 4. The van der Waals surface area contributed by atoms with Gasteiger partial charge in [0.25, 0.3) is 15.9 Å². The van der Waals surface area contributed by atoms with Crippen LogP contribution < -0.4 is 5.32 Å². The predicted molar refractivity (Wildman–Crippen MR) is 97.8 cm³/mol. The summed E-state index contributed by atoms with van der Waals surface area (Å²) >= 11 is 5.79. The molecule has 134 valence electrons. The Morgan fingerprint density at radius 1 is 1.00 bits per heavy atom. The van der Waals surface area contributed by atoms with Gasteiger partial charge >= 0.3 is 0 Å². The average molecular weight is 391 g/mol. The van der Waals surface area contributed by atoms with Crippen LogP contribution >= 0.6 is 11.6 Å². The zero-order valence-electron chi connectivity index (χ0n) is 13.6. The topological polar surface area (TPSA) is 83.6 Å². The van der Waals surface area contributed by atoms with Crippen LogP contribution in [0.15, 0.2) is 65.1 Å². The van der Waals surface area contributed by atoms with E-state index in [0.717, 1.165) is 5.56 Å². The van der Waals surface area contributed by atoms with E-state index in [1.807, 2.05) is 6.07 Å². The van der Waals surface area contributed by atoms with Gasteiger partial charge in [0.1, 0.15) is 6.54 Å². The molecule has 1 saturated heterocycles. The van der Waals surface area contributed by atoms with Crippen molar-refractivity contribution in [2.75, 3.05) is 13.1 Å². The van der Waals surface area contributed by atoms with E-state index in [1.165, 1.54) is 24.3 Å². The van der Waals surface area contributed by atoms with E-state index in [9.17, 15) is 18.0 Å². The molecule has 1 aliphatic heterocycles. The van der Waals surface area contributed by atoms with Gasteiger partial charge in [0, 0.05) is 17.1 Å². The Morgan fingerprint density at radius 2 is 1.65 bits per heavy atom. The van der Waals surface area contributed by atoms with Crippen LogP contribution in [-0.2, 0) is 19.6 Å². The summed E-state index contributed by atoms with van der Waals surface area (Å²) in [7, 11) is -4.19. The number of nitrogens with zero attached hydrogens (tertiary/aromatic N) is 1. The lowest BCUT2D eigenvalue weighted by Gasteiger charge is -2.20. The minimum atomic E-state index is -4.19. The lowest BCUT2D eigenvalue weighted by Crippen LogP contribution is -2.40. The number of carbonyl (C=O) groups excluding carboxylic acids is 2. The number of amides is 2. The quantitative estimate of drug-likeness (QED) is 0.813. The van der Waals surface area contributed by atoms with Crippen molar-refractivity contribution in [3.05, 3.63) is 70.8 Å². The van der Waals surface area contributed by atoms with Gasteiger partial charge in [-0.05, 0) is 35.9 Å². The molecule has 1 aliphatic rings. The molecule has 0 spiro atoms. The molecule has 1 fully saturated rings. The molecule has 2 aromatic rings. The number of rotatable bonds is 3. The highest BCUT2D eigenvalue weighted by molar-refractivity contribution is 7.89. The molecule has 0 unspecified atom stereocenters. The first-order valence-electron chi connectivity index (χ1n) is 7.73. The maximum absolute atomic E-state index is 12.9. The molecule has 0 atom stereocenters. The second-order valence-electron chi connectivity index (χ2n) is 5.63. The van der Waals surface area contributed by atoms with Crippen molar-refractivity contribution in [1.29, 1.82) is 0 Å². The van der Waals surface area contributed by atoms with Crippen molar-refractivity contribution < 1.29 is 18.0 Å². The minimum Gasteiger partial charge on any atom is -0.350 e. The Hall–Kier alpha value is -2.64. The van der Waals surface area contributed by atoms with Gasteiger partial charge in [-0.1, -0.05) is 41.9 Å². The number of benzene rings is 2. The fourth-order valence-corrected chi connectivity index (χ4v) is 3.96. The van der Waals surface area contributed by atoms with Crippen molar-refractivity contribution in [1.82, 2.24) is 9.62 Å². The fourth-order valence-electron chi connectivity index (χ4n) is 2.48. The molecule has 8 heteroatoms.